The van der Waals surface area contributed by atoms with E-state index in [9.17, 15) is 0 Å². The van der Waals surface area contributed by atoms with Crippen LogP contribution in [0, 0.1) is 5.92 Å². The molecule has 0 nitrogen and oxygen atoms in total. The van der Waals surface area contributed by atoms with Crippen molar-refractivity contribution in [2.24, 2.45) is 5.92 Å². The molecule has 0 heteroatoms. The first kappa shape index (κ1) is 14.0. The van der Waals surface area contributed by atoms with E-state index in [1.807, 2.05) is 0 Å². The molecule has 0 bridgehead atoms. The van der Waals surface area contributed by atoms with Gasteiger partial charge in [0.2, 0.25) is 0 Å². The van der Waals surface area contributed by atoms with Crippen LogP contribution in [0.1, 0.15) is 52.0 Å². The van der Waals surface area contributed by atoms with Crippen molar-refractivity contribution in [2.45, 2.75) is 52.9 Å². The number of allylic oxidation sites excluding steroid dienone is 2. The topological polar surface area (TPSA) is 0 Å². The van der Waals surface area contributed by atoms with E-state index in [2.05, 4.69) is 57.2 Å². The standard InChI is InChI=1S/C17H26/c1-4-15(2)9-8-10-16(3)13-14-17-11-6-5-7-12-17/h5-7,11-13,15H,4,8-10,14H2,1-3H3/b16-13+/t15-/m1/s1. The van der Waals surface area contributed by atoms with Gasteiger partial charge in [-0.1, -0.05) is 68.7 Å². The van der Waals surface area contributed by atoms with Gasteiger partial charge >= 0.3 is 0 Å². The second-order valence-electron chi connectivity index (χ2n) is 5.15. The molecular weight excluding hydrogens is 204 g/mol. The van der Waals surface area contributed by atoms with Crippen LogP contribution in [0.5, 0.6) is 0 Å². The highest BCUT2D eigenvalue weighted by Gasteiger charge is 1.98. The fourth-order valence-electron chi connectivity index (χ4n) is 1.94. The molecule has 0 N–H and O–H groups in total. The van der Waals surface area contributed by atoms with Gasteiger partial charge in [0, 0.05) is 0 Å². The summed E-state index contributed by atoms with van der Waals surface area (Å²) in [6.45, 7) is 6.89. The lowest BCUT2D eigenvalue weighted by Crippen LogP contribution is -1.92. The van der Waals surface area contributed by atoms with Gasteiger partial charge in [0.25, 0.3) is 0 Å². The summed E-state index contributed by atoms with van der Waals surface area (Å²) in [7, 11) is 0. The van der Waals surface area contributed by atoms with E-state index in [0.29, 0.717) is 0 Å². The monoisotopic (exact) mass is 230 g/mol. The predicted molar refractivity (Wildman–Crippen MR) is 77.2 cm³/mol. The maximum absolute atomic E-state index is 2.38. The minimum Gasteiger partial charge on any atom is -0.0812 e. The molecule has 0 aliphatic heterocycles. The lowest BCUT2D eigenvalue weighted by Gasteiger charge is -2.07. The Kier molecular flexibility index (Phi) is 6.69. The summed E-state index contributed by atoms with van der Waals surface area (Å²) in [5.74, 6) is 0.886. The zero-order valence-electron chi connectivity index (χ0n) is 11.6. The van der Waals surface area contributed by atoms with Gasteiger partial charge in [0.05, 0.1) is 0 Å². The molecule has 0 saturated carbocycles. The van der Waals surface area contributed by atoms with Crippen molar-refractivity contribution in [3.05, 3.63) is 47.5 Å². The normalized spacial score (nSPS) is 13.7. The molecule has 0 amide bonds. The molecular formula is C17H26. The Hall–Kier alpha value is -1.04. The Morgan fingerprint density at radius 1 is 1.24 bits per heavy atom. The Bertz CT molecular complexity index is 321. The van der Waals surface area contributed by atoms with Crippen LogP contribution in [-0.2, 0) is 6.42 Å². The van der Waals surface area contributed by atoms with Gasteiger partial charge in [-0.05, 0) is 37.7 Å². The SMILES string of the molecule is CC[C@@H](C)CCC/C(C)=C/Cc1ccccc1. The van der Waals surface area contributed by atoms with Gasteiger partial charge in [0.15, 0.2) is 0 Å². The molecule has 17 heavy (non-hydrogen) atoms. The summed E-state index contributed by atoms with van der Waals surface area (Å²) < 4.78 is 0. The summed E-state index contributed by atoms with van der Waals surface area (Å²) in [5.41, 5.74) is 2.95. The average molecular weight is 230 g/mol. The van der Waals surface area contributed by atoms with E-state index in [-0.39, 0.29) is 0 Å². The Morgan fingerprint density at radius 3 is 2.59 bits per heavy atom. The molecule has 1 aromatic rings. The number of benzene rings is 1. The van der Waals surface area contributed by atoms with E-state index in [1.54, 1.807) is 0 Å². The van der Waals surface area contributed by atoms with Gasteiger partial charge in [-0.15, -0.1) is 0 Å². The third-order valence-electron chi connectivity index (χ3n) is 3.49. The van der Waals surface area contributed by atoms with Crippen molar-refractivity contribution < 1.29 is 0 Å². The summed E-state index contributed by atoms with van der Waals surface area (Å²) >= 11 is 0. The summed E-state index contributed by atoms with van der Waals surface area (Å²) in [6.07, 6.45) is 8.74. The van der Waals surface area contributed by atoms with E-state index in [1.165, 1.54) is 36.8 Å². The van der Waals surface area contributed by atoms with Crippen LogP contribution < -0.4 is 0 Å². The summed E-state index contributed by atoms with van der Waals surface area (Å²) in [6, 6.07) is 10.7. The molecule has 0 radical (unpaired) electrons. The van der Waals surface area contributed by atoms with Crippen molar-refractivity contribution in [3.8, 4) is 0 Å². The van der Waals surface area contributed by atoms with E-state index in [0.717, 1.165) is 12.3 Å². The van der Waals surface area contributed by atoms with Crippen molar-refractivity contribution in [1.29, 1.82) is 0 Å². The molecule has 0 aliphatic rings. The highest BCUT2D eigenvalue weighted by atomic mass is 14.0. The Balaban J connectivity index is 2.25. The zero-order valence-corrected chi connectivity index (χ0v) is 11.6. The first-order valence-corrected chi connectivity index (χ1v) is 6.92. The van der Waals surface area contributed by atoms with Crippen LogP contribution in [0.3, 0.4) is 0 Å². The van der Waals surface area contributed by atoms with Crippen LogP contribution in [0.25, 0.3) is 0 Å². The first-order chi connectivity index (χ1) is 8.22. The zero-order chi connectivity index (χ0) is 12.5. The minimum absolute atomic E-state index is 0.886. The quantitative estimate of drug-likeness (QED) is 0.551. The van der Waals surface area contributed by atoms with Crippen LogP contribution in [0.4, 0.5) is 0 Å². The largest absolute Gasteiger partial charge is 0.0812 e. The van der Waals surface area contributed by atoms with Crippen molar-refractivity contribution in [2.75, 3.05) is 0 Å². The van der Waals surface area contributed by atoms with Crippen LogP contribution >= 0.6 is 0 Å². The van der Waals surface area contributed by atoms with Crippen LogP contribution in [0.15, 0.2) is 42.0 Å². The molecule has 0 spiro atoms. The highest BCUT2D eigenvalue weighted by molar-refractivity contribution is 5.18. The fraction of sp³-hybridized carbons (Fsp3) is 0.529. The van der Waals surface area contributed by atoms with Crippen LogP contribution in [-0.4, -0.2) is 0 Å². The third-order valence-corrected chi connectivity index (χ3v) is 3.49. The number of hydrogen-bond acceptors (Lipinski definition) is 0. The molecule has 94 valence electrons. The third kappa shape index (κ3) is 6.31. The van der Waals surface area contributed by atoms with Gasteiger partial charge in [-0.3, -0.25) is 0 Å². The lowest BCUT2D eigenvalue weighted by molar-refractivity contribution is 0.495. The van der Waals surface area contributed by atoms with Crippen molar-refractivity contribution >= 4 is 0 Å². The van der Waals surface area contributed by atoms with Crippen molar-refractivity contribution in [3.63, 3.8) is 0 Å². The van der Waals surface area contributed by atoms with Crippen LogP contribution in [0.2, 0.25) is 0 Å². The maximum atomic E-state index is 2.38. The molecule has 1 atom stereocenters. The molecule has 0 aromatic heterocycles. The molecule has 0 saturated heterocycles. The second kappa shape index (κ2) is 8.11. The van der Waals surface area contributed by atoms with Crippen molar-refractivity contribution in [1.82, 2.24) is 0 Å². The molecule has 0 heterocycles. The van der Waals surface area contributed by atoms with E-state index >= 15 is 0 Å². The molecule has 1 rings (SSSR count). The lowest BCUT2D eigenvalue weighted by atomic mass is 9.99. The molecule has 0 aliphatic carbocycles. The molecule has 0 unspecified atom stereocenters. The molecule has 0 fully saturated rings. The summed E-state index contributed by atoms with van der Waals surface area (Å²) in [5, 5.41) is 0. The Labute approximate surface area is 107 Å². The number of hydrogen-bond donors (Lipinski definition) is 0. The Morgan fingerprint density at radius 2 is 1.94 bits per heavy atom. The van der Waals surface area contributed by atoms with E-state index in [4.69, 9.17) is 0 Å². The predicted octanol–water partition coefficient (Wildman–Crippen LogP) is 5.39. The average Bonchev–Trinajstić information content (AvgIpc) is 2.37. The second-order valence-corrected chi connectivity index (χ2v) is 5.15. The molecule has 1 aromatic carbocycles. The summed E-state index contributed by atoms with van der Waals surface area (Å²) in [4.78, 5) is 0. The van der Waals surface area contributed by atoms with Gasteiger partial charge < -0.3 is 0 Å². The van der Waals surface area contributed by atoms with Gasteiger partial charge in [-0.2, -0.15) is 0 Å². The fourth-order valence-corrected chi connectivity index (χ4v) is 1.94. The van der Waals surface area contributed by atoms with Gasteiger partial charge in [0.1, 0.15) is 0 Å². The number of rotatable bonds is 7. The highest BCUT2D eigenvalue weighted by Crippen LogP contribution is 2.15. The minimum atomic E-state index is 0.886. The maximum Gasteiger partial charge on any atom is -0.00949 e. The smallest absolute Gasteiger partial charge is 0.00949 e. The van der Waals surface area contributed by atoms with E-state index < -0.39 is 0 Å². The first-order valence-electron chi connectivity index (χ1n) is 6.92. The van der Waals surface area contributed by atoms with Gasteiger partial charge in [-0.25, -0.2) is 0 Å².